The van der Waals surface area contributed by atoms with Gasteiger partial charge >= 0.3 is 11.9 Å². The summed E-state index contributed by atoms with van der Waals surface area (Å²) in [7, 11) is -1.82. The topological polar surface area (TPSA) is 61.8 Å². The number of ether oxygens (including phenoxy) is 2. The number of carbonyl (C=O) groups excluding carboxylic acids is 2. The minimum Gasteiger partial charge on any atom is -0.426 e. The molecule has 5 nitrogen and oxygen atoms in total. The van der Waals surface area contributed by atoms with Crippen LogP contribution in [0.25, 0.3) is 0 Å². The molecule has 0 amide bonds. The molecule has 0 aliphatic heterocycles. The van der Waals surface area contributed by atoms with Crippen LogP contribution in [0.5, 0.6) is 11.5 Å². The van der Waals surface area contributed by atoms with E-state index in [0.717, 1.165) is 5.56 Å². The van der Waals surface area contributed by atoms with Crippen molar-refractivity contribution in [2.75, 3.05) is 0 Å². The molecule has 0 bridgehead atoms. The maximum absolute atomic E-state index is 12.4. The summed E-state index contributed by atoms with van der Waals surface area (Å²) in [5, 5.41) is 0.151. The second-order valence-electron chi connectivity index (χ2n) is 8.17. The summed E-state index contributed by atoms with van der Waals surface area (Å²) in [5.74, 6) is -0.480. The Hall–Kier alpha value is -2.44. The maximum atomic E-state index is 12.4. The minimum absolute atomic E-state index is 0.151. The third-order valence-corrected chi connectivity index (χ3v) is 9.38. The van der Waals surface area contributed by atoms with Crippen molar-refractivity contribution >= 4 is 20.3 Å². The molecule has 0 fully saturated rings. The Labute approximate surface area is 167 Å². The lowest BCUT2D eigenvalue weighted by molar-refractivity contribution is -0.131. The van der Waals surface area contributed by atoms with Crippen LogP contribution in [-0.2, 0) is 15.8 Å². The van der Waals surface area contributed by atoms with E-state index in [1.165, 1.54) is 6.92 Å². The largest absolute Gasteiger partial charge is 0.426 e. The van der Waals surface area contributed by atoms with E-state index in [9.17, 15) is 9.59 Å². The van der Waals surface area contributed by atoms with Crippen molar-refractivity contribution in [3.05, 3.63) is 59.7 Å². The molecule has 0 radical (unpaired) electrons. The molecule has 0 heterocycles. The summed E-state index contributed by atoms with van der Waals surface area (Å²) in [5.41, 5.74) is 1.22. The third kappa shape index (κ3) is 5.78. The van der Waals surface area contributed by atoms with E-state index in [1.54, 1.807) is 36.4 Å². The Morgan fingerprint density at radius 1 is 0.929 bits per heavy atom. The average Bonchev–Trinajstić information content (AvgIpc) is 2.60. The second-order valence-corrected chi connectivity index (χ2v) is 13.0. The first-order chi connectivity index (χ1) is 13.0. The molecule has 0 spiro atoms. The van der Waals surface area contributed by atoms with Crippen LogP contribution in [0.1, 0.15) is 43.6 Å². The number of esters is 2. The zero-order valence-corrected chi connectivity index (χ0v) is 18.4. The van der Waals surface area contributed by atoms with E-state index in [-0.39, 0.29) is 16.4 Å². The fourth-order valence-electron chi connectivity index (χ4n) is 2.18. The quantitative estimate of drug-likeness (QED) is 0.371. The molecule has 2 rings (SSSR count). The van der Waals surface area contributed by atoms with Crippen LogP contribution in [0, 0.1) is 0 Å². The second kappa shape index (κ2) is 8.71. The molecule has 0 saturated heterocycles. The smallest absolute Gasteiger partial charge is 0.347 e. The lowest BCUT2D eigenvalue weighted by Gasteiger charge is -2.36. The summed E-state index contributed by atoms with van der Waals surface area (Å²) in [6.45, 7) is 12.8. The standard InChI is InChI=1S/C22H28O5Si/c1-16(23)26-20-10-8-7-9-19(20)21(24)27-18-13-11-17(12-14-18)15-25-28(5,6)22(2,3)4/h7-14H,15H2,1-6H3. The number of para-hydroxylation sites is 1. The summed E-state index contributed by atoms with van der Waals surface area (Å²) in [6.07, 6.45) is 0. The summed E-state index contributed by atoms with van der Waals surface area (Å²) < 4.78 is 16.7. The fraction of sp³-hybridized carbons (Fsp3) is 0.364. The molecule has 150 valence electrons. The Kier molecular flexibility index (Phi) is 6.80. The summed E-state index contributed by atoms with van der Waals surface area (Å²) in [4.78, 5) is 23.6. The summed E-state index contributed by atoms with van der Waals surface area (Å²) >= 11 is 0. The normalized spacial score (nSPS) is 11.8. The lowest BCUT2D eigenvalue weighted by atomic mass is 10.2. The first-order valence-electron chi connectivity index (χ1n) is 9.22. The molecular formula is C22H28O5Si. The van der Waals surface area contributed by atoms with E-state index < -0.39 is 20.3 Å². The van der Waals surface area contributed by atoms with Crippen LogP contribution in [0.2, 0.25) is 18.1 Å². The van der Waals surface area contributed by atoms with Crippen molar-refractivity contribution in [1.29, 1.82) is 0 Å². The Balaban J connectivity index is 2.03. The van der Waals surface area contributed by atoms with Gasteiger partial charge in [-0.1, -0.05) is 45.0 Å². The fourth-order valence-corrected chi connectivity index (χ4v) is 3.14. The molecular weight excluding hydrogens is 372 g/mol. The Morgan fingerprint density at radius 3 is 2.11 bits per heavy atom. The van der Waals surface area contributed by atoms with Crippen LogP contribution in [-0.4, -0.2) is 20.3 Å². The van der Waals surface area contributed by atoms with Gasteiger partial charge in [0.2, 0.25) is 0 Å². The van der Waals surface area contributed by atoms with Gasteiger partial charge in [-0.25, -0.2) is 4.79 Å². The van der Waals surface area contributed by atoms with Crippen molar-refractivity contribution < 1.29 is 23.5 Å². The number of carbonyl (C=O) groups is 2. The van der Waals surface area contributed by atoms with E-state index in [1.807, 2.05) is 12.1 Å². The van der Waals surface area contributed by atoms with Gasteiger partial charge in [0.25, 0.3) is 0 Å². The minimum atomic E-state index is -1.82. The molecule has 0 aliphatic carbocycles. The van der Waals surface area contributed by atoms with Crippen molar-refractivity contribution in [2.45, 2.75) is 52.4 Å². The molecule has 2 aromatic carbocycles. The molecule has 6 heteroatoms. The molecule has 0 N–H and O–H groups in total. The van der Waals surface area contributed by atoms with E-state index in [2.05, 4.69) is 33.9 Å². The predicted octanol–water partition coefficient (Wildman–Crippen LogP) is 5.35. The van der Waals surface area contributed by atoms with Gasteiger partial charge in [0, 0.05) is 6.92 Å². The highest BCUT2D eigenvalue weighted by Crippen LogP contribution is 2.37. The zero-order valence-electron chi connectivity index (χ0n) is 17.4. The predicted molar refractivity (Wildman–Crippen MR) is 111 cm³/mol. The third-order valence-electron chi connectivity index (χ3n) is 4.90. The van der Waals surface area contributed by atoms with Gasteiger partial charge < -0.3 is 13.9 Å². The van der Waals surface area contributed by atoms with Gasteiger partial charge in [-0.05, 0) is 48.0 Å². The van der Waals surface area contributed by atoms with Gasteiger partial charge in [-0.15, -0.1) is 0 Å². The van der Waals surface area contributed by atoms with Gasteiger partial charge in [-0.3, -0.25) is 4.79 Å². The SMILES string of the molecule is CC(=O)Oc1ccccc1C(=O)Oc1ccc(CO[Si](C)(C)C(C)(C)C)cc1. The van der Waals surface area contributed by atoms with Crippen LogP contribution in [0.3, 0.4) is 0 Å². The van der Waals surface area contributed by atoms with E-state index in [4.69, 9.17) is 13.9 Å². The molecule has 2 aromatic rings. The van der Waals surface area contributed by atoms with Crippen LogP contribution >= 0.6 is 0 Å². The number of rotatable bonds is 6. The average molecular weight is 401 g/mol. The van der Waals surface area contributed by atoms with Gasteiger partial charge in [0.05, 0.1) is 6.61 Å². The zero-order chi connectivity index (χ0) is 20.9. The molecule has 28 heavy (non-hydrogen) atoms. The number of hydrogen-bond donors (Lipinski definition) is 0. The van der Waals surface area contributed by atoms with Gasteiger partial charge in [0.1, 0.15) is 17.1 Å². The molecule has 0 aromatic heterocycles. The number of hydrogen-bond acceptors (Lipinski definition) is 5. The Bertz CT molecular complexity index is 835. The highest BCUT2D eigenvalue weighted by Gasteiger charge is 2.37. The van der Waals surface area contributed by atoms with Gasteiger partial charge in [-0.2, -0.15) is 0 Å². The Morgan fingerprint density at radius 2 is 1.54 bits per heavy atom. The maximum Gasteiger partial charge on any atom is 0.347 e. The van der Waals surface area contributed by atoms with Crippen LogP contribution in [0.4, 0.5) is 0 Å². The molecule has 0 unspecified atom stereocenters. The highest BCUT2D eigenvalue weighted by atomic mass is 28.4. The van der Waals surface area contributed by atoms with Crippen molar-refractivity contribution in [3.8, 4) is 11.5 Å². The van der Waals surface area contributed by atoms with Crippen molar-refractivity contribution in [1.82, 2.24) is 0 Å². The molecule has 0 atom stereocenters. The van der Waals surface area contributed by atoms with Crippen molar-refractivity contribution in [3.63, 3.8) is 0 Å². The monoisotopic (exact) mass is 400 g/mol. The molecule has 0 saturated carbocycles. The van der Waals surface area contributed by atoms with Crippen molar-refractivity contribution in [2.24, 2.45) is 0 Å². The highest BCUT2D eigenvalue weighted by molar-refractivity contribution is 6.74. The van der Waals surface area contributed by atoms with E-state index in [0.29, 0.717) is 12.4 Å². The summed E-state index contributed by atoms with van der Waals surface area (Å²) in [6, 6.07) is 13.7. The van der Waals surface area contributed by atoms with Gasteiger partial charge in [0.15, 0.2) is 8.32 Å². The van der Waals surface area contributed by atoms with Crippen LogP contribution in [0.15, 0.2) is 48.5 Å². The first-order valence-corrected chi connectivity index (χ1v) is 12.1. The first kappa shape index (κ1) is 21.9. The molecule has 0 aliphatic rings. The lowest BCUT2D eigenvalue weighted by Crippen LogP contribution is -2.40. The van der Waals surface area contributed by atoms with Crippen LogP contribution < -0.4 is 9.47 Å². The number of benzene rings is 2. The van der Waals surface area contributed by atoms with E-state index >= 15 is 0 Å².